The van der Waals surface area contributed by atoms with Gasteiger partial charge in [0.1, 0.15) is 5.76 Å². The fraction of sp³-hybridized carbons (Fsp3) is 0.348. The minimum atomic E-state index is -0.347. The van der Waals surface area contributed by atoms with Crippen LogP contribution in [-0.2, 0) is 18.6 Å². The summed E-state index contributed by atoms with van der Waals surface area (Å²) in [5.74, 6) is 0.699. The number of hydrazine groups is 1. The van der Waals surface area contributed by atoms with E-state index in [2.05, 4.69) is 16.0 Å². The van der Waals surface area contributed by atoms with Crippen LogP contribution in [-0.4, -0.2) is 17.0 Å². The van der Waals surface area contributed by atoms with Crippen LogP contribution in [0.15, 0.2) is 45.8 Å². The normalized spacial score (nSPS) is 13.7. The summed E-state index contributed by atoms with van der Waals surface area (Å²) < 4.78 is 5.24. The number of amides is 2. The third-order valence-corrected chi connectivity index (χ3v) is 7.52. The zero-order valence-electron chi connectivity index (χ0n) is 17.4. The fourth-order valence-corrected chi connectivity index (χ4v) is 5.69. The van der Waals surface area contributed by atoms with E-state index < -0.39 is 0 Å². The molecule has 0 aliphatic heterocycles. The van der Waals surface area contributed by atoms with Gasteiger partial charge in [-0.3, -0.25) is 20.4 Å². The van der Waals surface area contributed by atoms with Crippen molar-refractivity contribution in [3.63, 3.8) is 0 Å². The van der Waals surface area contributed by atoms with E-state index in [0.717, 1.165) is 29.2 Å². The highest BCUT2D eigenvalue weighted by molar-refractivity contribution is 7.98. The van der Waals surface area contributed by atoms with Crippen LogP contribution < -0.4 is 10.9 Å². The topological polar surface area (TPSA) is 84.2 Å². The number of aromatic nitrogens is 1. The first-order valence-corrected chi connectivity index (χ1v) is 12.3. The maximum atomic E-state index is 12.7. The van der Waals surface area contributed by atoms with Gasteiger partial charge in [-0.15, -0.1) is 23.1 Å². The van der Waals surface area contributed by atoms with Gasteiger partial charge in [0.25, 0.3) is 11.8 Å². The molecule has 1 aliphatic rings. The number of aryl methyl sites for hydroxylation is 3. The van der Waals surface area contributed by atoms with E-state index >= 15 is 0 Å². The van der Waals surface area contributed by atoms with Crippen LogP contribution in [0.1, 0.15) is 67.6 Å². The molecular formula is C23H25N3O3S2. The van der Waals surface area contributed by atoms with Crippen molar-refractivity contribution in [3.05, 3.63) is 68.7 Å². The molecule has 0 radical (unpaired) electrons. The van der Waals surface area contributed by atoms with Crippen LogP contribution >= 0.6 is 23.1 Å². The highest BCUT2D eigenvalue weighted by Crippen LogP contribution is 2.29. The minimum Gasteiger partial charge on any atom is -0.360 e. The number of hydrogen-bond acceptors (Lipinski definition) is 6. The number of thiophene rings is 1. The SMILES string of the molecule is Cc1cc(CSc2ccccc2C(=O)NNC(=O)c2cc3c(s2)CCCCCC3)on1. The Balaban J connectivity index is 1.37. The molecule has 6 nitrogen and oxygen atoms in total. The number of nitrogens with one attached hydrogen (secondary N) is 2. The zero-order valence-corrected chi connectivity index (χ0v) is 19.0. The molecule has 2 N–H and O–H groups in total. The molecule has 0 fully saturated rings. The van der Waals surface area contributed by atoms with Gasteiger partial charge in [0.05, 0.1) is 21.9 Å². The summed E-state index contributed by atoms with van der Waals surface area (Å²) in [5, 5.41) is 3.88. The second-order valence-corrected chi connectivity index (χ2v) is 9.75. The zero-order chi connectivity index (χ0) is 21.6. The number of rotatable bonds is 5. The number of benzene rings is 1. The highest BCUT2D eigenvalue weighted by atomic mass is 32.2. The van der Waals surface area contributed by atoms with E-state index in [4.69, 9.17) is 4.52 Å². The molecule has 0 atom stereocenters. The molecule has 3 aromatic rings. The van der Waals surface area contributed by atoms with Gasteiger partial charge in [0.15, 0.2) is 0 Å². The van der Waals surface area contributed by atoms with Crippen LogP contribution in [0.3, 0.4) is 0 Å². The van der Waals surface area contributed by atoms with E-state index in [1.54, 1.807) is 23.5 Å². The Hall–Kier alpha value is -2.58. The summed E-state index contributed by atoms with van der Waals surface area (Å²) in [4.78, 5) is 28.1. The Bertz CT molecular complexity index is 1050. The fourth-order valence-electron chi connectivity index (χ4n) is 3.61. The van der Waals surface area contributed by atoms with E-state index in [-0.39, 0.29) is 11.8 Å². The molecule has 0 bridgehead atoms. The molecule has 1 aromatic carbocycles. The van der Waals surface area contributed by atoms with Gasteiger partial charge >= 0.3 is 0 Å². The molecule has 162 valence electrons. The number of hydrogen-bond donors (Lipinski definition) is 2. The summed E-state index contributed by atoms with van der Waals surface area (Å²) in [6.45, 7) is 1.87. The molecule has 2 heterocycles. The summed E-state index contributed by atoms with van der Waals surface area (Å²) in [6.07, 6.45) is 6.91. The summed E-state index contributed by atoms with van der Waals surface area (Å²) >= 11 is 3.03. The van der Waals surface area contributed by atoms with Gasteiger partial charge in [-0.05, 0) is 56.4 Å². The number of fused-ring (bicyclic) bond motifs is 1. The summed E-state index contributed by atoms with van der Waals surface area (Å²) in [7, 11) is 0. The van der Waals surface area contributed by atoms with Crippen molar-refractivity contribution in [2.75, 3.05) is 0 Å². The molecule has 0 saturated heterocycles. The predicted octanol–water partition coefficient (Wildman–Crippen LogP) is 5.07. The van der Waals surface area contributed by atoms with Crippen LogP contribution in [0.5, 0.6) is 0 Å². The Morgan fingerprint density at radius 2 is 1.84 bits per heavy atom. The van der Waals surface area contributed by atoms with Gasteiger partial charge in [0.2, 0.25) is 0 Å². The van der Waals surface area contributed by atoms with Crippen LogP contribution in [0, 0.1) is 6.92 Å². The first kappa shape index (κ1) is 21.6. The van der Waals surface area contributed by atoms with Crippen LogP contribution in [0.2, 0.25) is 0 Å². The third kappa shape index (κ3) is 5.57. The van der Waals surface area contributed by atoms with Crippen molar-refractivity contribution in [1.29, 1.82) is 0 Å². The van der Waals surface area contributed by atoms with Crippen LogP contribution in [0.25, 0.3) is 0 Å². The first-order chi connectivity index (χ1) is 15.1. The average Bonchev–Trinajstić information content (AvgIpc) is 3.36. The Labute approximate surface area is 189 Å². The lowest BCUT2D eigenvalue weighted by atomic mass is 10.00. The quantitative estimate of drug-likeness (QED) is 0.414. The Morgan fingerprint density at radius 1 is 1.06 bits per heavy atom. The predicted molar refractivity (Wildman–Crippen MR) is 122 cm³/mol. The number of nitrogens with zero attached hydrogens (tertiary/aromatic N) is 1. The second-order valence-electron chi connectivity index (χ2n) is 7.60. The van der Waals surface area contributed by atoms with Crippen molar-refractivity contribution in [2.24, 2.45) is 0 Å². The van der Waals surface area contributed by atoms with Gasteiger partial charge in [-0.1, -0.05) is 30.1 Å². The minimum absolute atomic E-state index is 0.271. The standard InChI is InChI=1S/C23H25N3O3S2/c1-15-12-17(29-26-15)14-30-20-11-7-6-9-18(20)22(27)24-25-23(28)21-13-16-8-4-2-3-5-10-19(16)31-21/h6-7,9,11-13H,2-5,8,10,14H2,1H3,(H,24,27)(H,25,28). The van der Waals surface area contributed by atoms with Crippen molar-refractivity contribution in [1.82, 2.24) is 16.0 Å². The average molecular weight is 456 g/mol. The van der Waals surface area contributed by atoms with Gasteiger partial charge < -0.3 is 4.52 Å². The van der Waals surface area contributed by atoms with Gasteiger partial charge in [-0.2, -0.15) is 0 Å². The van der Waals surface area contributed by atoms with Gasteiger partial charge in [0, 0.05) is 15.8 Å². The molecule has 0 unspecified atom stereocenters. The van der Waals surface area contributed by atoms with E-state index in [0.29, 0.717) is 16.2 Å². The Morgan fingerprint density at radius 3 is 2.65 bits per heavy atom. The summed E-state index contributed by atoms with van der Waals surface area (Å²) in [6, 6.07) is 11.2. The second kappa shape index (κ2) is 10.2. The molecule has 2 aromatic heterocycles. The third-order valence-electron chi connectivity index (χ3n) is 5.19. The molecule has 0 saturated carbocycles. The van der Waals surface area contributed by atoms with Gasteiger partial charge in [-0.25, -0.2) is 0 Å². The Kier molecular flexibility index (Phi) is 7.09. The number of carbonyl (C=O) groups is 2. The van der Waals surface area contributed by atoms with Crippen molar-refractivity contribution < 1.29 is 14.1 Å². The monoisotopic (exact) mass is 455 g/mol. The smallest absolute Gasteiger partial charge is 0.279 e. The molecule has 0 spiro atoms. The molecular weight excluding hydrogens is 430 g/mol. The maximum Gasteiger partial charge on any atom is 0.279 e. The van der Waals surface area contributed by atoms with Crippen molar-refractivity contribution in [2.45, 2.75) is 56.1 Å². The highest BCUT2D eigenvalue weighted by Gasteiger charge is 2.18. The lowest BCUT2D eigenvalue weighted by Crippen LogP contribution is -2.41. The largest absolute Gasteiger partial charge is 0.360 e. The van der Waals surface area contributed by atoms with E-state index in [9.17, 15) is 9.59 Å². The molecule has 31 heavy (non-hydrogen) atoms. The molecule has 1 aliphatic carbocycles. The lowest BCUT2D eigenvalue weighted by molar-refractivity contribution is 0.0847. The molecule has 8 heteroatoms. The van der Waals surface area contributed by atoms with E-state index in [1.165, 1.54) is 47.9 Å². The van der Waals surface area contributed by atoms with Crippen LogP contribution in [0.4, 0.5) is 0 Å². The first-order valence-electron chi connectivity index (χ1n) is 10.5. The molecule has 2 amide bonds. The summed E-state index contributed by atoms with van der Waals surface area (Å²) in [5.41, 5.74) is 7.75. The van der Waals surface area contributed by atoms with Crippen molar-refractivity contribution >= 4 is 34.9 Å². The maximum absolute atomic E-state index is 12.7. The number of thioether (sulfide) groups is 1. The van der Waals surface area contributed by atoms with E-state index in [1.807, 2.05) is 31.2 Å². The molecule has 4 rings (SSSR count). The number of carbonyl (C=O) groups excluding carboxylic acids is 2. The van der Waals surface area contributed by atoms with Crippen molar-refractivity contribution in [3.8, 4) is 0 Å². The lowest BCUT2D eigenvalue weighted by Gasteiger charge is -2.10.